The fourth-order valence-electron chi connectivity index (χ4n) is 1.03. The summed E-state index contributed by atoms with van der Waals surface area (Å²) in [5, 5.41) is 2.64. The molecule has 1 N–H and O–H groups in total. The predicted molar refractivity (Wildman–Crippen MR) is 55.1 cm³/mol. The SMILES string of the molecule is O=c1[nH]n(-c2ccccc2)c(=S)s1. The predicted octanol–water partition coefficient (Wildman–Crippen LogP) is 1.96. The van der Waals surface area contributed by atoms with Crippen LogP contribution in [0.5, 0.6) is 0 Å². The van der Waals surface area contributed by atoms with Crippen LogP contribution in [0, 0.1) is 3.95 Å². The molecule has 5 heteroatoms. The van der Waals surface area contributed by atoms with Gasteiger partial charge in [-0.05, 0) is 35.7 Å². The van der Waals surface area contributed by atoms with E-state index in [0.717, 1.165) is 17.0 Å². The lowest BCUT2D eigenvalue weighted by Crippen LogP contribution is -2.02. The molecule has 0 aliphatic carbocycles. The molecule has 0 unspecified atom stereocenters. The lowest BCUT2D eigenvalue weighted by Gasteiger charge is -1.98. The average molecular weight is 210 g/mol. The van der Waals surface area contributed by atoms with E-state index >= 15 is 0 Å². The van der Waals surface area contributed by atoms with Crippen LogP contribution >= 0.6 is 23.6 Å². The number of para-hydroxylation sites is 1. The van der Waals surface area contributed by atoms with E-state index in [-0.39, 0.29) is 4.87 Å². The van der Waals surface area contributed by atoms with Crippen LogP contribution in [0.25, 0.3) is 5.69 Å². The summed E-state index contributed by atoms with van der Waals surface area (Å²) in [7, 11) is 0. The maximum Gasteiger partial charge on any atom is 0.322 e. The van der Waals surface area contributed by atoms with Crippen molar-refractivity contribution in [3.05, 3.63) is 44.0 Å². The van der Waals surface area contributed by atoms with Crippen molar-refractivity contribution < 1.29 is 0 Å². The standard InChI is InChI=1S/C8H6N2OS2/c11-7-9-10(8(12)13-7)6-4-2-1-3-5-6/h1-5H,(H,9,11). The number of nitrogens with one attached hydrogen (secondary N) is 1. The van der Waals surface area contributed by atoms with Crippen molar-refractivity contribution in [2.24, 2.45) is 0 Å². The Morgan fingerprint density at radius 2 is 2.00 bits per heavy atom. The van der Waals surface area contributed by atoms with Gasteiger partial charge in [0.05, 0.1) is 5.69 Å². The van der Waals surface area contributed by atoms with Crippen molar-refractivity contribution >= 4 is 23.6 Å². The van der Waals surface area contributed by atoms with E-state index in [2.05, 4.69) is 5.10 Å². The average Bonchev–Trinajstić information content (AvgIpc) is 2.47. The molecule has 1 aromatic carbocycles. The quantitative estimate of drug-likeness (QED) is 0.731. The third kappa shape index (κ3) is 1.61. The molecule has 66 valence electrons. The smallest absolute Gasteiger partial charge is 0.255 e. The molecule has 0 amide bonds. The number of H-pyrrole nitrogens is 1. The lowest BCUT2D eigenvalue weighted by molar-refractivity contribution is 0.854. The minimum absolute atomic E-state index is 0.131. The first-order valence-corrected chi connectivity index (χ1v) is 4.87. The van der Waals surface area contributed by atoms with Gasteiger partial charge in [0.15, 0.2) is 3.95 Å². The Kier molecular flexibility index (Phi) is 2.12. The monoisotopic (exact) mass is 210 g/mol. The summed E-state index contributed by atoms with van der Waals surface area (Å²) < 4.78 is 2.14. The normalized spacial score (nSPS) is 10.2. The third-order valence-electron chi connectivity index (χ3n) is 1.58. The maximum absolute atomic E-state index is 11.0. The highest BCUT2D eigenvalue weighted by Gasteiger charge is 1.98. The molecule has 0 aliphatic heterocycles. The van der Waals surface area contributed by atoms with Gasteiger partial charge in [-0.1, -0.05) is 18.2 Å². The number of hydrogen-bond acceptors (Lipinski definition) is 3. The summed E-state index contributed by atoms with van der Waals surface area (Å²) in [5.41, 5.74) is 0.880. The Morgan fingerprint density at radius 3 is 2.54 bits per heavy atom. The topological polar surface area (TPSA) is 37.8 Å². The van der Waals surface area contributed by atoms with Crippen molar-refractivity contribution in [1.29, 1.82) is 0 Å². The van der Waals surface area contributed by atoms with E-state index in [1.165, 1.54) is 0 Å². The summed E-state index contributed by atoms with van der Waals surface area (Å²) in [6, 6.07) is 9.48. The van der Waals surface area contributed by atoms with Gasteiger partial charge in [0, 0.05) is 0 Å². The van der Waals surface area contributed by atoms with Gasteiger partial charge < -0.3 is 0 Å². The molecule has 0 aliphatic rings. The Labute approximate surface area is 83.3 Å². The number of rotatable bonds is 1. The number of aromatic nitrogens is 2. The number of benzene rings is 1. The van der Waals surface area contributed by atoms with Gasteiger partial charge in [-0.2, -0.15) is 0 Å². The second-order valence-electron chi connectivity index (χ2n) is 2.44. The third-order valence-corrected chi connectivity index (χ3v) is 2.65. The van der Waals surface area contributed by atoms with Crippen LogP contribution in [0.4, 0.5) is 0 Å². The summed E-state index contributed by atoms with van der Waals surface area (Å²) in [6.07, 6.45) is 0. The van der Waals surface area contributed by atoms with Gasteiger partial charge in [-0.25, -0.2) is 9.78 Å². The Bertz CT molecular complexity index is 509. The van der Waals surface area contributed by atoms with Gasteiger partial charge in [-0.15, -0.1) is 0 Å². The highest BCUT2D eigenvalue weighted by molar-refractivity contribution is 7.73. The number of hydrogen-bond donors (Lipinski definition) is 1. The molecule has 2 aromatic rings. The van der Waals surface area contributed by atoms with Crippen LogP contribution in [0.1, 0.15) is 0 Å². The van der Waals surface area contributed by atoms with E-state index < -0.39 is 0 Å². The van der Waals surface area contributed by atoms with Gasteiger partial charge in [0.1, 0.15) is 0 Å². The van der Waals surface area contributed by atoms with Crippen LogP contribution in [0.2, 0.25) is 0 Å². The molecule has 3 nitrogen and oxygen atoms in total. The molecule has 1 aromatic heterocycles. The first kappa shape index (κ1) is 8.40. The zero-order valence-corrected chi connectivity index (χ0v) is 8.19. The minimum atomic E-state index is -0.131. The first-order valence-electron chi connectivity index (χ1n) is 3.65. The number of aromatic amines is 1. The van der Waals surface area contributed by atoms with E-state index in [4.69, 9.17) is 12.2 Å². The molecule has 0 fully saturated rings. The van der Waals surface area contributed by atoms with E-state index in [1.807, 2.05) is 30.3 Å². The molecule has 0 saturated carbocycles. The second-order valence-corrected chi connectivity index (χ2v) is 4.04. The highest BCUT2D eigenvalue weighted by atomic mass is 32.1. The molecular formula is C8H6N2OS2. The molecule has 2 rings (SSSR count). The second kappa shape index (κ2) is 3.27. The minimum Gasteiger partial charge on any atom is -0.255 e. The van der Waals surface area contributed by atoms with Gasteiger partial charge >= 0.3 is 4.87 Å². The highest BCUT2D eigenvalue weighted by Crippen LogP contribution is 2.06. The summed E-state index contributed by atoms with van der Waals surface area (Å²) in [5.74, 6) is 0. The molecule has 1 heterocycles. The molecule has 0 radical (unpaired) electrons. The molecule has 0 bridgehead atoms. The van der Waals surface area contributed by atoms with Crippen LogP contribution in [-0.2, 0) is 0 Å². The lowest BCUT2D eigenvalue weighted by atomic mass is 10.3. The zero-order chi connectivity index (χ0) is 9.26. The Morgan fingerprint density at radius 1 is 1.31 bits per heavy atom. The summed E-state index contributed by atoms with van der Waals surface area (Å²) >= 11 is 6.04. The number of nitrogens with zero attached hydrogens (tertiary/aromatic N) is 1. The first-order chi connectivity index (χ1) is 6.27. The fourth-order valence-corrected chi connectivity index (χ4v) is 1.95. The Hall–Kier alpha value is -1.20. The molecule has 0 spiro atoms. The molecule has 13 heavy (non-hydrogen) atoms. The van der Waals surface area contributed by atoms with Crippen molar-refractivity contribution in [2.75, 3.05) is 0 Å². The zero-order valence-electron chi connectivity index (χ0n) is 6.56. The van der Waals surface area contributed by atoms with Crippen molar-refractivity contribution in [2.45, 2.75) is 0 Å². The van der Waals surface area contributed by atoms with E-state index in [1.54, 1.807) is 4.68 Å². The molecule has 0 atom stereocenters. The van der Waals surface area contributed by atoms with Gasteiger partial charge in [-0.3, -0.25) is 4.79 Å². The van der Waals surface area contributed by atoms with Crippen molar-refractivity contribution in [3.63, 3.8) is 0 Å². The molecule has 0 saturated heterocycles. The largest absolute Gasteiger partial charge is 0.322 e. The Balaban J connectivity index is 2.66. The van der Waals surface area contributed by atoms with Crippen LogP contribution in [-0.4, -0.2) is 9.78 Å². The van der Waals surface area contributed by atoms with E-state index in [9.17, 15) is 4.79 Å². The summed E-state index contributed by atoms with van der Waals surface area (Å²) in [6.45, 7) is 0. The maximum atomic E-state index is 11.0. The van der Waals surface area contributed by atoms with Crippen LogP contribution in [0.15, 0.2) is 35.1 Å². The molecular weight excluding hydrogens is 204 g/mol. The van der Waals surface area contributed by atoms with E-state index in [0.29, 0.717) is 3.95 Å². The van der Waals surface area contributed by atoms with Crippen molar-refractivity contribution in [3.8, 4) is 5.69 Å². The van der Waals surface area contributed by atoms with Gasteiger partial charge in [0.2, 0.25) is 0 Å². The fraction of sp³-hybridized carbons (Fsp3) is 0. The summed E-state index contributed by atoms with van der Waals surface area (Å²) in [4.78, 5) is 10.8. The van der Waals surface area contributed by atoms with Crippen molar-refractivity contribution in [1.82, 2.24) is 9.78 Å². The van der Waals surface area contributed by atoms with Gasteiger partial charge in [0.25, 0.3) is 0 Å². The van der Waals surface area contributed by atoms with Crippen LogP contribution in [0.3, 0.4) is 0 Å². The van der Waals surface area contributed by atoms with Crippen LogP contribution < -0.4 is 4.87 Å².